The number of hydrogen-bond acceptors (Lipinski definition) is 2. The molecular formula is C40H80N2. The summed E-state index contributed by atoms with van der Waals surface area (Å²) in [5.41, 5.74) is 0. The summed E-state index contributed by atoms with van der Waals surface area (Å²) in [6.45, 7) is 9.47. The topological polar surface area (TPSA) is 6.48 Å². The van der Waals surface area contributed by atoms with E-state index >= 15 is 0 Å². The molecule has 0 radical (unpaired) electrons. The second-order valence-corrected chi connectivity index (χ2v) is 13.9. The van der Waals surface area contributed by atoms with Gasteiger partial charge in [0.1, 0.15) is 6.17 Å². The maximum atomic E-state index is 2.70. The Balaban J connectivity index is 2.06. The fourth-order valence-electron chi connectivity index (χ4n) is 6.89. The molecule has 0 N–H and O–H groups in total. The van der Waals surface area contributed by atoms with Crippen LogP contribution in [0.5, 0.6) is 0 Å². The predicted molar refractivity (Wildman–Crippen MR) is 191 cm³/mol. The summed E-state index contributed by atoms with van der Waals surface area (Å²) in [7, 11) is 0. The highest BCUT2D eigenvalue weighted by Crippen LogP contribution is 2.24. The Morgan fingerprint density at radius 3 is 0.881 bits per heavy atom. The molecule has 0 bridgehead atoms. The smallest absolute Gasteiger partial charge is 0.101 e. The van der Waals surface area contributed by atoms with Gasteiger partial charge in [-0.05, 0) is 25.7 Å². The fraction of sp³-hybridized carbons (Fsp3) is 0.950. The molecule has 0 aromatic carbocycles. The Morgan fingerprint density at radius 1 is 0.310 bits per heavy atom. The van der Waals surface area contributed by atoms with E-state index in [1.165, 1.54) is 219 Å². The van der Waals surface area contributed by atoms with Crippen LogP contribution in [0, 0.1) is 0 Å². The van der Waals surface area contributed by atoms with Crippen LogP contribution in [0.2, 0.25) is 0 Å². The van der Waals surface area contributed by atoms with Crippen LogP contribution in [0.1, 0.15) is 226 Å². The van der Waals surface area contributed by atoms with E-state index < -0.39 is 0 Å². The van der Waals surface area contributed by atoms with Crippen molar-refractivity contribution >= 4 is 0 Å². The van der Waals surface area contributed by atoms with Gasteiger partial charge in [0.25, 0.3) is 0 Å². The average molecular weight is 589 g/mol. The molecule has 250 valence electrons. The Morgan fingerprint density at radius 2 is 0.548 bits per heavy atom. The van der Waals surface area contributed by atoms with Gasteiger partial charge >= 0.3 is 0 Å². The molecule has 1 aliphatic rings. The quantitative estimate of drug-likeness (QED) is 0.0690. The van der Waals surface area contributed by atoms with E-state index in [1.807, 2.05) is 0 Å². The van der Waals surface area contributed by atoms with Crippen LogP contribution in [0.3, 0.4) is 0 Å². The first kappa shape index (κ1) is 39.4. The second-order valence-electron chi connectivity index (χ2n) is 13.9. The summed E-state index contributed by atoms with van der Waals surface area (Å²) in [6.07, 6.45) is 51.5. The second kappa shape index (κ2) is 31.8. The molecule has 0 aromatic rings. The zero-order valence-electron chi connectivity index (χ0n) is 29.7. The Labute approximate surface area is 267 Å². The van der Waals surface area contributed by atoms with Crippen LogP contribution in [0.25, 0.3) is 0 Å². The van der Waals surface area contributed by atoms with Crippen molar-refractivity contribution in [1.82, 2.24) is 9.80 Å². The monoisotopic (exact) mass is 589 g/mol. The van der Waals surface area contributed by atoms with Crippen molar-refractivity contribution < 1.29 is 0 Å². The van der Waals surface area contributed by atoms with E-state index in [2.05, 4.69) is 43.0 Å². The number of hydrogen-bond donors (Lipinski definition) is 0. The van der Waals surface area contributed by atoms with Gasteiger partial charge in [0.15, 0.2) is 0 Å². The summed E-state index contributed by atoms with van der Waals surface area (Å²) < 4.78 is 0. The van der Waals surface area contributed by atoms with Gasteiger partial charge in [0.05, 0.1) is 0 Å². The summed E-state index contributed by atoms with van der Waals surface area (Å²) >= 11 is 0. The molecule has 1 atom stereocenters. The first-order chi connectivity index (χ1) is 20.8. The minimum Gasteiger partial charge on any atom is -0.356 e. The van der Waals surface area contributed by atoms with Crippen LogP contribution in [0.15, 0.2) is 12.4 Å². The van der Waals surface area contributed by atoms with Gasteiger partial charge in [0, 0.05) is 25.5 Å². The zero-order chi connectivity index (χ0) is 30.2. The lowest BCUT2D eigenvalue weighted by Crippen LogP contribution is -2.39. The van der Waals surface area contributed by atoms with Crippen molar-refractivity contribution in [2.24, 2.45) is 0 Å². The molecule has 0 fully saturated rings. The van der Waals surface area contributed by atoms with Crippen molar-refractivity contribution in [2.75, 3.05) is 13.1 Å². The van der Waals surface area contributed by atoms with Gasteiger partial charge in [0.2, 0.25) is 0 Å². The first-order valence-corrected chi connectivity index (χ1v) is 20.0. The van der Waals surface area contributed by atoms with Gasteiger partial charge in [-0.3, -0.25) is 0 Å². The number of nitrogens with zero attached hydrogens (tertiary/aromatic N) is 2. The van der Waals surface area contributed by atoms with Crippen molar-refractivity contribution in [2.45, 2.75) is 232 Å². The third-order valence-corrected chi connectivity index (χ3v) is 9.82. The van der Waals surface area contributed by atoms with Crippen molar-refractivity contribution in [1.29, 1.82) is 0 Å². The van der Waals surface area contributed by atoms with Crippen LogP contribution < -0.4 is 0 Å². The molecule has 1 aliphatic heterocycles. The molecule has 42 heavy (non-hydrogen) atoms. The van der Waals surface area contributed by atoms with Gasteiger partial charge in [-0.15, -0.1) is 0 Å². The van der Waals surface area contributed by atoms with E-state index in [1.54, 1.807) is 0 Å². The summed E-state index contributed by atoms with van der Waals surface area (Å²) in [5, 5.41) is 0. The summed E-state index contributed by atoms with van der Waals surface area (Å²) in [6, 6.07) is 0. The first-order valence-electron chi connectivity index (χ1n) is 20.0. The minimum atomic E-state index is 0.640. The van der Waals surface area contributed by atoms with E-state index in [4.69, 9.17) is 0 Å². The third-order valence-electron chi connectivity index (χ3n) is 9.82. The van der Waals surface area contributed by atoms with Crippen molar-refractivity contribution in [3.05, 3.63) is 12.4 Å². The predicted octanol–water partition coefficient (Wildman–Crippen LogP) is 13.9. The van der Waals surface area contributed by atoms with Crippen LogP contribution in [-0.4, -0.2) is 29.1 Å². The van der Waals surface area contributed by atoms with E-state index in [0.717, 1.165) is 0 Å². The number of rotatable bonds is 34. The van der Waals surface area contributed by atoms with Crippen molar-refractivity contribution in [3.8, 4) is 0 Å². The highest BCUT2D eigenvalue weighted by Gasteiger charge is 2.24. The summed E-state index contributed by atoms with van der Waals surface area (Å²) in [4.78, 5) is 5.38. The average Bonchev–Trinajstić information content (AvgIpc) is 3.38. The maximum Gasteiger partial charge on any atom is 0.101 e. The molecule has 2 heteroatoms. The molecule has 1 heterocycles. The van der Waals surface area contributed by atoms with Gasteiger partial charge in [-0.2, -0.15) is 0 Å². The Kier molecular flexibility index (Phi) is 29.8. The SMILES string of the molecule is CCCCCCCCCCCCCCCCCCC1N(CCCCC)C=CN1CCCCCCCCCCCCCC. The highest BCUT2D eigenvalue weighted by molar-refractivity contribution is 4.97. The molecular weight excluding hydrogens is 508 g/mol. The maximum absolute atomic E-state index is 2.70. The minimum absolute atomic E-state index is 0.640. The van der Waals surface area contributed by atoms with E-state index in [0.29, 0.717) is 6.17 Å². The van der Waals surface area contributed by atoms with Crippen molar-refractivity contribution in [3.63, 3.8) is 0 Å². The fourth-order valence-corrected chi connectivity index (χ4v) is 6.89. The van der Waals surface area contributed by atoms with Gasteiger partial charge in [-0.1, -0.05) is 201 Å². The van der Waals surface area contributed by atoms with Crippen LogP contribution in [0.4, 0.5) is 0 Å². The highest BCUT2D eigenvalue weighted by atomic mass is 15.4. The lowest BCUT2D eigenvalue weighted by molar-refractivity contribution is 0.135. The van der Waals surface area contributed by atoms with E-state index in [-0.39, 0.29) is 0 Å². The van der Waals surface area contributed by atoms with Crippen LogP contribution >= 0.6 is 0 Å². The molecule has 0 amide bonds. The third kappa shape index (κ3) is 23.8. The number of unbranched alkanes of at least 4 members (excludes halogenated alkanes) is 28. The van der Waals surface area contributed by atoms with Gasteiger partial charge in [-0.25, -0.2) is 0 Å². The molecule has 0 aliphatic carbocycles. The molecule has 2 nitrogen and oxygen atoms in total. The molecule has 1 rings (SSSR count). The molecule has 1 unspecified atom stereocenters. The molecule has 0 spiro atoms. The lowest BCUT2D eigenvalue weighted by Gasteiger charge is -2.33. The summed E-state index contributed by atoms with van der Waals surface area (Å²) in [5.74, 6) is 0. The Bertz CT molecular complexity index is 544. The normalized spacial score (nSPS) is 15.0. The molecule has 0 saturated heterocycles. The zero-order valence-corrected chi connectivity index (χ0v) is 29.7. The van der Waals surface area contributed by atoms with Gasteiger partial charge < -0.3 is 9.80 Å². The molecule has 0 saturated carbocycles. The molecule has 0 aromatic heterocycles. The van der Waals surface area contributed by atoms with Crippen LogP contribution in [-0.2, 0) is 0 Å². The lowest BCUT2D eigenvalue weighted by atomic mass is 10.0. The Hall–Kier alpha value is -0.660. The standard InChI is InChI=1S/C40H80N2/c1-4-7-10-12-14-16-18-20-21-22-23-24-26-28-30-32-35-40-41(36-33-9-6-3)38-39-42(40)37-34-31-29-27-25-19-17-15-13-11-8-5-2/h38-40H,4-37H2,1-3H3. The largest absolute Gasteiger partial charge is 0.356 e. The van der Waals surface area contributed by atoms with E-state index in [9.17, 15) is 0 Å².